The first kappa shape index (κ1) is 24.0. The first-order valence-corrected chi connectivity index (χ1v) is 10.8. The Bertz CT molecular complexity index is 1170. The van der Waals surface area contributed by atoms with E-state index in [-0.39, 0.29) is 11.3 Å². The van der Waals surface area contributed by atoms with Gasteiger partial charge in [0, 0.05) is 10.6 Å². The van der Waals surface area contributed by atoms with Crippen LogP contribution in [0.3, 0.4) is 0 Å². The highest BCUT2D eigenvalue weighted by Gasteiger charge is 2.31. The first-order chi connectivity index (χ1) is 15.8. The van der Waals surface area contributed by atoms with Crippen molar-refractivity contribution in [3.63, 3.8) is 0 Å². The van der Waals surface area contributed by atoms with Crippen molar-refractivity contribution < 1.29 is 18.0 Å². The van der Waals surface area contributed by atoms with Gasteiger partial charge in [-0.3, -0.25) is 4.79 Å². The quantitative estimate of drug-likeness (QED) is 0.368. The molecule has 2 N–H and O–H groups in total. The van der Waals surface area contributed by atoms with Gasteiger partial charge in [-0.2, -0.15) is 18.4 Å². The van der Waals surface area contributed by atoms with E-state index in [4.69, 9.17) is 5.26 Å². The smallest absolute Gasteiger partial charge is 0.326 e. The molecule has 0 aromatic heterocycles. The van der Waals surface area contributed by atoms with Crippen LogP contribution in [0.4, 0.5) is 18.9 Å². The molecule has 0 aliphatic rings. The van der Waals surface area contributed by atoms with E-state index in [2.05, 4.69) is 16.6 Å². The zero-order valence-corrected chi connectivity index (χ0v) is 18.3. The summed E-state index contributed by atoms with van der Waals surface area (Å²) >= 11 is 1.04. The number of amides is 1. The van der Waals surface area contributed by atoms with Crippen LogP contribution in [0.1, 0.15) is 33.5 Å². The fourth-order valence-corrected chi connectivity index (χ4v) is 3.61. The number of alkyl halides is 3. The normalized spacial score (nSPS) is 10.8. The van der Waals surface area contributed by atoms with Crippen molar-refractivity contribution in [1.82, 2.24) is 5.32 Å². The Kier molecular flexibility index (Phi) is 7.80. The van der Waals surface area contributed by atoms with E-state index < -0.39 is 17.6 Å². The standard InChI is InChI=1S/C25H20F3N3OS/c1-17(7-8-18-5-3-2-4-6-18)30-24(32)22-14-11-20(25(26,27)28)15-23(22)31-33-21-12-9-19(16-29)10-13-21/h2-6,9-15,31H,1,7-8H2,(H,30,32). The van der Waals surface area contributed by atoms with E-state index in [1.54, 1.807) is 24.3 Å². The van der Waals surface area contributed by atoms with Crippen molar-refractivity contribution in [2.45, 2.75) is 23.9 Å². The molecule has 8 heteroatoms. The Morgan fingerprint density at radius 3 is 2.36 bits per heavy atom. The zero-order valence-electron chi connectivity index (χ0n) is 17.4. The molecule has 0 aliphatic heterocycles. The van der Waals surface area contributed by atoms with Crippen molar-refractivity contribution in [3.05, 3.63) is 107 Å². The van der Waals surface area contributed by atoms with Gasteiger partial charge in [0.1, 0.15) is 0 Å². The lowest BCUT2D eigenvalue weighted by Gasteiger charge is -2.15. The van der Waals surface area contributed by atoms with Gasteiger partial charge in [-0.05, 0) is 72.8 Å². The van der Waals surface area contributed by atoms with Crippen LogP contribution in [0.25, 0.3) is 0 Å². The number of hydrogen-bond acceptors (Lipinski definition) is 4. The summed E-state index contributed by atoms with van der Waals surface area (Å²) in [5.41, 5.74) is 1.23. The molecule has 0 saturated heterocycles. The number of nitriles is 1. The average molecular weight is 468 g/mol. The molecule has 0 atom stereocenters. The monoisotopic (exact) mass is 467 g/mol. The largest absolute Gasteiger partial charge is 0.416 e. The molecule has 0 fully saturated rings. The molecule has 3 rings (SSSR count). The van der Waals surface area contributed by atoms with Crippen LogP contribution in [-0.2, 0) is 12.6 Å². The lowest BCUT2D eigenvalue weighted by atomic mass is 10.1. The molecule has 3 aromatic rings. The summed E-state index contributed by atoms with van der Waals surface area (Å²) in [5, 5.41) is 11.6. The number of allylic oxidation sites excluding steroid dienone is 1. The van der Waals surface area contributed by atoms with E-state index in [0.717, 1.165) is 35.7 Å². The molecular weight excluding hydrogens is 447 g/mol. The molecule has 1 amide bonds. The molecule has 0 radical (unpaired) electrons. The summed E-state index contributed by atoms with van der Waals surface area (Å²) in [5.74, 6) is -0.551. The van der Waals surface area contributed by atoms with Crippen molar-refractivity contribution in [3.8, 4) is 6.07 Å². The molecule has 0 spiro atoms. The molecule has 0 heterocycles. The Labute approximate surface area is 194 Å². The molecule has 33 heavy (non-hydrogen) atoms. The molecule has 0 saturated carbocycles. The van der Waals surface area contributed by atoms with Gasteiger partial charge in [0.05, 0.1) is 28.4 Å². The van der Waals surface area contributed by atoms with E-state index in [1.165, 1.54) is 0 Å². The maximum Gasteiger partial charge on any atom is 0.416 e. The topological polar surface area (TPSA) is 64.9 Å². The highest BCUT2D eigenvalue weighted by molar-refractivity contribution is 8.00. The van der Waals surface area contributed by atoms with Crippen molar-refractivity contribution in [2.75, 3.05) is 4.72 Å². The zero-order chi connectivity index (χ0) is 23.8. The number of rotatable bonds is 8. The van der Waals surface area contributed by atoms with Crippen LogP contribution in [0.2, 0.25) is 0 Å². The summed E-state index contributed by atoms with van der Waals surface area (Å²) in [6, 6.07) is 21.1. The number of anilines is 1. The van der Waals surface area contributed by atoms with Crippen LogP contribution in [-0.4, -0.2) is 5.91 Å². The number of carbonyl (C=O) groups is 1. The van der Waals surface area contributed by atoms with Gasteiger partial charge in [-0.1, -0.05) is 36.9 Å². The fourth-order valence-electron chi connectivity index (χ4n) is 2.94. The van der Waals surface area contributed by atoms with Gasteiger partial charge in [0.25, 0.3) is 5.91 Å². The molecule has 0 bridgehead atoms. The predicted molar refractivity (Wildman–Crippen MR) is 123 cm³/mol. The fraction of sp³-hybridized carbons (Fsp3) is 0.120. The Hall–Kier alpha value is -3.70. The highest BCUT2D eigenvalue weighted by Crippen LogP contribution is 2.34. The second-order valence-corrected chi connectivity index (χ2v) is 8.02. The summed E-state index contributed by atoms with van der Waals surface area (Å²) in [6.45, 7) is 3.87. The molecular formula is C25H20F3N3OS. The summed E-state index contributed by atoms with van der Waals surface area (Å²) in [7, 11) is 0. The Balaban J connectivity index is 1.74. The summed E-state index contributed by atoms with van der Waals surface area (Å²) in [4.78, 5) is 13.5. The minimum Gasteiger partial charge on any atom is -0.326 e. The van der Waals surface area contributed by atoms with Crippen molar-refractivity contribution in [2.24, 2.45) is 0 Å². The lowest BCUT2D eigenvalue weighted by Crippen LogP contribution is -2.23. The maximum absolute atomic E-state index is 13.2. The predicted octanol–water partition coefficient (Wildman–Crippen LogP) is 6.57. The highest BCUT2D eigenvalue weighted by atomic mass is 32.2. The third-order valence-electron chi connectivity index (χ3n) is 4.70. The number of carbonyl (C=O) groups excluding carboxylic acids is 1. The first-order valence-electron chi connectivity index (χ1n) is 9.93. The number of nitrogens with zero attached hydrogens (tertiary/aromatic N) is 1. The second-order valence-electron chi connectivity index (χ2n) is 7.14. The minimum absolute atomic E-state index is 0.0209. The van der Waals surface area contributed by atoms with E-state index in [1.807, 2.05) is 36.4 Å². The average Bonchev–Trinajstić information content (AvgIpc) is 2.81. The third-order valence-corrected chi connectivity index (χ3v) is 5.53. The van der Waals surface area contributed by atoms with E-state index in [0.29, 0.717) is 29.0 Å². The second kappa shape index (κ2) is 10.7. The van der Waals surface area contributed by atoms with Crippen LogP contribution in [0.5, 0.6) is 0 Å². The number of aryl methyl sites for hydroxylation is 1. The molecule has 3 aromatic carbocycles. The number of benzene rings is 3. The molecule has 0 unspecified atom stereocenters. The van der Waals surface area contributed by atoms with Gasteiger partial charge in [-0.15, -0.1) is 0 Å². The van der Waals surface area contributed by atoms with Gasteiger partial charge in [0.15, 0.2) is 0 Å². The van der Waals surface area contributed by atoms with Crippen LogP contribution < -0.4 is 10.0 Å². The van der Waals surface area contributed by atoms with Crippen LogP contribution in [0.15, 0.2) is 90.0 Å². The van der Waals surface area contributed by atoms with Gasteiger partial charge in [-0.25, -0.2) is 0 Å². The molecule has 0 aliphatic carbocycles. The Morgan fingerprint density at radius 2 is 1.73 bits per heavy atom. The number of hydrogen-bond donors (Lipinski definition) is 2. The van der Waals surface area contributed by atoms with E-state index in [9.17, 15) is 18.0 Å². The van der Waals surface area contributed by atoms with Gasteiger partial charge < -0.3 is 10.0 Å². The molecule has 168 valence electrons. The summed E-state index contributed by atoms with van der Waals surface area (Å²) < 4.78 is 42.6. The minimum atomic E-state index is -4.55. The Morgan fingerprint density at radius 1 is 1.03 bits per heavy atom. The van der Waals surface area contributed by atoms with Gasteiger partial charge >= 0.3 is 6.18 Å². The number of nitrogens with one attached hydrogen (secondary N) is 2. The maximum atomic E-state index is 13.2. The molecule has 4 nitrogen and oxygen atoms in total. The number of halogens is 3. The van der Waals surface area contributed by atoms with Crippen molar-refractivity contribution in [1.29, 1.82) is 5.26 Å². The van der Waals surface area contributed by atoms with Gasteiger partial charge in [0.2, 0.25) is 0 Å². The SMILES string of the molecule is C=C(CCc1ccccc1)NC(=O)c1ccc(C(F)(F)F)cc1NSc1ccc(C#N)cc1. The van der Waals surface area contributed by atoms with Crippen molar-refractivity contribution >= 4 is 23.5 Å². The third kappa shape index (κ3) is 6.89. The lowest BCUT2D eigenvalue weighted by molar-refractivity contribution is -0.137. The van der Waals surface area contributed by atoms with Crippen LogP contribution in [0, 0.1) is 11.3 Å². The summed E-state index contributed by atoms with van der Waals surface area (Å²) in [6.07, 6.45) is -3.38. The van der Waals surface area contributed by atoms with Crippen LogP contribution >= 0.6 is 11.9 Å². The van der Waals surface area contributed by atoms with E-state index >= 15 is 0 Å².